The minimum absolute atomic E-state index is 0.192. The Bertz CT molecular complexity index is 425. The molecule has 0 spiro atoms. The van der Waals surface area contributed by atoms with Crippen LogP contribution in [0.3, 0.4) is 0 Å². The van der Waals surface area contributed by atoms with E-state index in [9.17, 15) is 9.59 Å². The average molecular weight is 238 g/mol. The van der Waals surface area contributed by atoms with Gasteiger partial charge in [0.2, 0.25) is 5.91 Å². The molecule has 1 rings (SSSR count). The smallest absolute Gasteiger partial charge is 0.255 e. The molecule has 0 aliphatic heterocycles. The predicted octanol–water partition coefficient (Wildman–Crippen LogP) is -0.0171. The zero-order valence-electron chi connectivity index (χ0n) is 10.6. The third-order valence-corrected chi connectivity index (χ3v) is 2.57. The van der Waals surface area contributed by atoms with Crippen LogP contribution in [0.1, 0.15) is 29.9 Å². The SMILES string of the molecule is CCNC(=O)C(C)NC(=O)c1cnn(C)c1C. The monoisotopic (exact) mass is 238 g/mol. The molecule has 0 aromatic carbocycles. The predicted molar refractivity (Wildman–Crippen MR) is 63.6 cm³/mol. The van der Waals surface area contributed by atoms with Crippen LogP contribution in [0.5, 0.6) is 0 Å². The van der Waals surface area contributed by atoms with E-state index < -0.39 is 6.04 Å². The van der Waals surface area contributed by atoms with E-state index in [2.05, 4.69) is 15.7 Å². The van der Waals surface area contributed by atoms with E-state index in [0.29, 0.717) is 12.1 Å². The fourth-order valence-electron chi connectivity index (χ4n) is 1.39. The molecule has 0 aliphatic carbocycles. The summed E-state index contributed by atoms with van der Waals surface area (Å²) in [6, 6.07) is -0.554. The van der Waals surface area contributed by atoms with Crippen molar-refractivity contribution in [2.24, 2.45) is 7.05 Å². The van der Waals surface area contributed by atoms with Gasteiger partial charge >= 0.3 is 0 Å². The highest BCUT2D eigenvalue weighted by molar-refractivity contribution is 5.98. The summed E-state index contributed by atoms with van der Waals surface area (Å²) in [6.45, 7) is 5.83. The fourth-order valence-corrected chi connectivity index (χ4v) is 1.39. The first-order valence-electron chi connectivity index (χ1n) is 5.54. The van der Waals surface area contributed by atoms with Gasteiger partial charge in [-0.3, -0.25) is 14.3 Å². The minimum atomic E-state index is -0.554. The number of aromatic nitrogens is 2. The zero-order chi connectivity index (χ0) is 13.0. The van der Waals surface area contributed by atoms with E-state index >= 15 is 0 Å². The molecule has 0 saturated heterocycles. The number of amides is 2. The second-order valence-electron chi connectivity index (χ2n) is 3.86. The van der Waals surface area contributed by atoms with E-state index in [1.807, 2.05) is 6.92 Å². The number of hydrogen-bond donors (Lipinski definition) is 2. The van der Waals surface area contributed by atoms with Crippen LogP contribution >= 0.6 is 0 Å². The first-order chi connectivity index (χ1) is 7.97. The summed E-state index contributed by atoms with van der Waals surface area (Å²) >= 11 is 0. The van der Waals surface area contributed by atoms with Gasteiger partial charge in [-0.15, -0.1) is 0 Å². The molecule has 2 N–H and O–H groups in total. The summed E-state index contributed by atoms with van der Waals surface area (Å²) < 4.78 is 1.62. The van der Waals surface area contributed by atoms with Gasteiger partial charge in [0, 0.05) is 19.3 Å². The third kappa shape index (κ3) is 3.05. The maximum absolute atomic E-state index is 11.9. The summed E-state index contributed by atoms with van der Waals surface area (Å²) in [5, 5.41) is 9.26. The Morgan fingerprint density at radius 1 is 1.53 bits per heavy atom. The number of hydrogen-bond acceptors (Lipinski definition) is 3. The number of aryl methyl sites for hydroxylation is 1. The maximum Gasteiger partial charge on any atom is 0.255 e. The first kappa shape index (κ1) is 13.2. The highest BCUT2D eigenvalue weighted by Gasteiger charge is 2.18. The van der Waals surface area contributed by atoms with Crippen molar-refractivity contribution < 1.29 is 9.59 Å². The second-order valence-corrected chi connectivity index (χ2v) is 3.86. The van der Waals surface area contributed by atoms with Crippen LogP contribution in [0.15, 0.2) is 6.20 Å². The van der Waals surface area contributed by atoms with Crippen molar-refractivity contribution >= 4 is 11.8 Å². The Morgan fingerprint density at radius 2 is 2.18 bits per heavy atom. The molecule has 0 bridgehead atoms. The second kappa shape index (κ2) is 5.47. The standard InChI is InChI=1S/C11H18N4O2/c1-5-12-10(16)7(2)14-11(17)9-6-13-15(4)8(9)3/h6-7H,5H2,1-4H3,(H,12,16)(H,14,17). The van der Waals surface area contributed by atoms with E-state index in [-0.39, 0.29) is 11.8 Å². The highest BCUT2D eigenvalue weighted by atomic mass is 16.2. The molecule has 6 nitrogen and oxygen atoms in total. The Morgan fingerprint density at radius 3 is 2.65 bits per heavy atom. The lowest BCUT2D eigenvalue weighted by Gasteiger charge is -2.12. The maximum atomic E-state index is 11.9. The van der Waals surface area contributed by atoms with Crippen LogP contribution < -0.4 is 10.6 Å². The third-order valence-electron chi connectivity index (χ3n) is 2.57. The van der Waals surface area contributed by atoms with Gasteiger partial charge in [-0.25, -0.2) is 0 Å². The van der Waals surface area contributed by atoms with Gasteiger partial charge in [0.25, 0.3) is 5.91 Å². The summed E-state index contributed by atoms with van der Waals surface area (Å²) in [7, 11) is 1.76. The first-order valence-corrected chi connectivity index (χ1v) is 5.54. The topological polar surface area (TPSA) is 76.0 Å². The molecular formula is C11H18N4O2. The van der Waals surface area contributed by atoms with Gasteiger partial charge in [-0.1, -0.05) is 0 Å². The van der Waals surface area contributed by atoms with Crippen molar-refractivity contribution in [3.8, 4) is 0 Å². The molecule has 1 atom stereocenters. The van der Waals surface area contributed by atoms with Crippen molar-refractivity contribution in [1.29, 1.82) is 0 Å². The quantitative estimate of drug-likeness (QED) is 0.774. The Kier molecular flexibility index (Phi) is 4.25. The van der Waals surface area contributed by atoms with Crippen molar-refractivity contribution in [3.63, 3.8) is 0 Å². The van der Waals surface area contributed by atoms with E-state index in [4.69, 9.17) is 0 Å². The van der Waals surface area contributed by atoms with Gasteiger partial charge in [-0.2, -0.15) is 5.10 Å². The van der Waals surface area contributed by atoms with Crippen LogP contribution in [-0.2, 0) is 11.8 Å². The van der Waals surface area contributed by atoms with Crippen LogP contribution in [0.2, 0.25) is 0 Å². The molecule has 94 valence electrons. The highest BCUT2D eigenvalue weighted by Crippen LogP contribution is 2.05. The molecule has 0 saturated carbocycles. The van der Waals surface area contributed by atoms with Gasteiger partial charge in [0.1, 0.15) is 6.04 Å². The van der Waals surface area contributed by atoms with Crippen molar-refractivity contribution in [3.05, 3.63) is 17.5 Å². The molecular weight excluding hydrogens is 220 g/mol. The lowest BCUT2D eigenvalue weighted by molar-refractivity contribution is -0.122. The molecule has 0 aliphatic rings. The van der Waals surface area contributed by atoms with E-state index in [1.54, 1.807) is 25.6 Å². The van der Waals surface area contributed by atoms with Crippen molar-refractivity contribution in [2.75, 3.05) is 6.54 Å². The molecule has 17 heavy (non-hydrogen) atoms. The lowest BCUT2D eigenvalue weighted by Crippen LogP contribution is -2.44. The van der Waals surface area contributed by atoms with E-state index in [1.165, 1.54) is 6.20 Å². The Labute approximate surface area is 100 Å². The number of nitrogens with one attached hydrogen (secondary N) is 2. The van der Waals surface area contributed by atoms with Gasteiger partial charge < -0.3 is 10.6 Å². The fraction of sp³-hybridized carbons (Fsp3) is 0.545. The number of rotatable bonds is 4. The van der Waals surface area contributed by atoms with Crippen molar-refractivity contribution in [2.45, 2.75) is 26.8 Å². The molecule has 1 aromatic heterocycles. The molecule has 1 unspecified atom stereocenters. The lowest BCUT2D eigenvalue weighted by atomic mass is 10.2. The van der Waals surface area contributed by atoms with Crippen molar-refractivity contribution in [1.82, 2.24) is 20.4 Å². The van der Waals surface area contributed by atoms with Gasteiger partial charge in [0.15, 0.2) is 0 Å². The number of carbonyl (C=O) groups excluding carboxylic acids is 2. The van der Waals surface area contributed by atoms with Gasteiger partial charge in [0.05, 0.1) is 11.8 Å². The summed E-state index contributed by atoms with van der Waals surface area (Å²) in [6.07, 6.45) is 1.50. The normalized spacial score (nSPS) is 12.0. The minimum Gasteiger partial charge on any atom is -0.355 e. The molecule has 0 radical (unpaired) electrons. The summed E-state index contributed by atoms with van der Waals surface area (Å²) in [5.74, 6) is -0.475. The summed E-state index contributed by atoms with van der Waals surface area (Å²) in [4.78, 5) is 23.3. The largest absolute Gasteiger partial charge is 0.355 e. The molecule has 0 fully saturated rings. The Hall–Kier alpha value is -1.85. The summed E-state index contributed by atoms with van der Waals surface area (Å²) in [5.41, 5.74) is 1.26. The van der Waals surface area contributed by atoms with Crippen LogP contribution in [-0.4, -0.2) is 34.2 Å². The molecule has 1 heterocycles. The molecule has 6 heteroatoms. The van der Waals surface area contributed by atoms with Crippen LogP contribution in [0.25, 0.3) is 0 Å². The molecule has 2 amide bonds. The Balaban J connectivity index is 2.67. The number of likely N-dealkylation sites (N-methyl/N-ethyl adjacent to an activating group) is 1. The van der Waals surface area contributed by atoms with E-state index in [0.717, 1.165) is 5.69 Å². The molecule has 1 aromatic rings. The number of carbonyl (C=O) groups is 2. The van der Waals surface area contributed by atoms with Crippen LogP contribution in [0, 0.1) is 6.92 Å². The van der Waals surface area contributed by atoms with Crippen LogP contribution in [0.4, 0.5) is 0 Å². The number of nitrogens with zero attached hydrogens (tertiary/aromatic N) is 2. The zero-order valence-corrected chi connectivity index (χ0v) is 10.6. The average Bonchev–Trinajstić information content (AvgIpc) is 2.60. The van der Waals surface area contributed by atoms with Gasteiger partial charge in [-0.05, 0) is 20.8 Å².